The van der Waals surface area contributed by atoms with Crippen LogP contribution in [0, 0.1) is 0 Å². The van der Waals surface area contributed by atoms with Crippen LogP contribution in [-0.2, 0) is 4.74 Å². The molecule has 76 valence electrons. The van der Waals surface area contributed by atoms with Crippen molar-refractivity contribution in [1.82, 2.24) is 0 Å². The van der Waals surface area contributed by atoms with Crippen LogP contribution in [-0.4, -0.2) is 48.9 Å². The second-order valence-electron chi connectivity index (χ2n) is 2.22. The van der Waals surface area contributed by atoms with E-state index in [-0.39, 0.29) is 19.8 Å². The highest BCUT2D eigenvalue weighted by Gasteiger charge is 1.81. The highest BCUT2D eigenvalue weighted by molar-refractivity contribution is 4.35. The third kappa shape index (κ3) is 22.5. The molecule has 0 atom stereocenters. The van der Waals surface area contributed by atoms with Crippen molar-refractivity contribution in [3.8, 4) is 0 Å². The van der Waals surface area contributed by atoms with Gasteiger partial charge in [-0.05, 0) is 19.3 Å². The largest absolute Gasteiger partial charge is 0.396 e. The monoisotopic (exact) mass is 180 g/mol. The maximum Gasteiger partial charge on any atom is 0.0693 e. The molecule has 0 heterocycles. The molecule has 0 unspecified atom stereocenters. The maximum absolute atomic E-state index is 8.21. The number of aliphatic hydroxyl groups excluding tert-OH is 3. The van der Waals surface area contributed by atoms with Gasteiger partial charge in [-0.15, -0.1) is 0 Å². The van der Waals surface area contributed by atoms with Gasteiger partial charge < -0.3 is 20.1 Å². The normalized spacial score (nSPS) is 9.00. The zero-order chi connectivity index (χ0) is 9.66. The van der Waals surface area contributed by atoms with Crippen LogP contribution in [0.4, 0.5) is 0 Å². The zero-order valence-corrected chi connectivity index (χ0v) is 7.70. The van der Waals surface area contributed by atoms with Crippen LogP contribution in [0.3, 0.4) is 0 Å². The zero-order valence-electron chi connectivity index (χ0n) is 7.70. The highest BCUT2D eigenvalue weighted by Crippen LogP contribution is 1.90. The van der Waals surface area contributed by atoms with Crippen molar-refractivity contribution in [2.75, 3.05) is 33.5 Å². The van der Waals surface area contributed by atoms with Gasteiger partial charge in [0, 0.05) is 20.3 Å². The predicted molar refractivity (Wildman–Crippen MR) is 47.0 cm³/mol. The fourth-order valence-electron chi connectivity index (χ4n) is 0.492. The molecule has 0 aromatic rings. The molecule has 0 aromatic carbocycles. The average Bonchev–Trinajstić information content (AvgIpc) is 2.08. The van der Waals surface area contributed by atoms with Gasteiger partial charge in [0.1, 0.15) is 0 Å². The minimum absolute atomic E-state index is 0.122. The molecule has 0 spiro atoms. The average molecular weight is 180 g/mol. The standard InChI is InChI=1S/C5H12O2.C3H8O2/c6-4-2-1-3-5-7;1-5-3-2-4/h6-7H,1-5H2;4H,2-3H2,1H3. The molecule has 4 nitrogen and oxygen atoms in total. The van der Waals surface area contributed by atoms with E-state index in [1.807, 2.05) is 0 Å². The molecule has 0 rings (SSSR count). The van der Waals surface area contributed by atoms with Crippen molar-refractivity contribution in [3.05, 3.63) is 0 Å². The van der Waals surface area contributed by atoms with Gasteiger partial charge in [-0.3, -0.25) is 0 Å². The minimum Gasteiger partial charge on any atom is -0.396 e. The van der Waals surface area contributed by atoms with E-state index in [0.29, 0.717) is 6.61 Å². The first-order valence-corrected chi connectivity index (χ1v) is 4.15. The van der Waals surface area contributed by atoms with Crippen LogP contribution in [0.25, 0.3) is 0 Å². The number of unbranched alkanes of at least 4 members (excludes halogenated alkanes) is 2. The van der Waals surface area contributed by atoms with Crippen LogP contribution >= 0.6 is 0 Å². The number of rotatable bonds is 6. The topological polar surface area (TPSA) is 69.9 Å². The van der Waals surface area contributed by atoms with Crippen molar-refractivity contribution < 1.29 is 20.1 Å². The number of methoxy groups -OCH3 is 1. The molecule has 4 heteroatoms. The van der Waals surface area contributed by atoms with Gasteiger partial charge >= 0.3 is 0 Å². The van der Waals surface area contributed by atoms with E-state index in [9.17, 15) is 0 Å². The lowest BCUT2D eigenvalue weighted by Gasteiger charge is -1.90. The summed E-state index contributed by atoms with van der Waals surface area (Å²) in [6.07, 6.45) is 2.58. The molecule has 0 saturated carbocycles. The van der Waals surface area contributed by atoms with Crippen LogP contribution in [0.15, 0.2) is 0 Å². The van der Waals surface area contributed by atoms with Crippen LogP contribution < -0.4 is 0 Å². The Kier molecular flexibility index (Phi) is 20.4. The summed E-state index contributed by atoms with van der Waals surface area (Å²) in [5, 5.41) is 24.4. The Morgan fingerprint density at radius 2 is 1.33 bits per heavy atom. The lowest BCUT2D eigenvalue weighted by atomic mass is 10.2. The fourth-order valence-corrected chi connectivity index (χ4v) is 0.492. The van der Waals surface area contributed by atoms with Crippen LogP contribution in [0.5, 0.6) is 0 Å². The number of hydrogen-bond acceptors (Lipinski definition) is 4. The predicted octanol–water partition coefficient (Wildman–Crippen LogP) is -0.234. The summed E-state index contributed by atoms with van der Waals surface area (Å²) in [4.78, 5) is 0. The Morgan fingerprint density at radius 1 is 0.833 bits per heavy atom. The summed E-state index contributed by atoms with van der Waals surface area (Å²) in [5.74, 6) is 0. The summed E-state index contributed by atoms with van der Waals surface area (Å²) in [7, 11) is 1.55. The fraction of sp³-hybridized carbons (Fsp3) is 1.00. The van der Waals surface area contributed by atoms with Gasteiger partial charge in [0.25, 0.3) is 0 Å². The first-order valence-electron chi connectivity index (χ1n) is 4.15. The Hall–Kier alpha value is -0.160. The minimum atomic E-state index is 0.122. The molecule has 0 aromatic heterocycles. The highest BCUT2D eigenvalue weighted by atomic mass is 16.5. The molecule has 3 N–H and O–H groups in total. The summed E-state index contributed by atoms with van der Waals surface area (Å²) in [6, 6.07) is 0. The third-order valence-corrected chi connectivity index (χ3v) is 1.11. The van der Waals surface area contributed by atoms with Crippen molar-refractivity contribution in [2.24, 2.45) is 0 Å². The molecular weight excluding hydrogens is 160 g/mol. The van der Waals surface area contributed by atoms with Gasteiger partial charge in [0.15, 0.2) is 0 Å². The van der Waals surface area contributed by atoms with Gasteiger partial charge in [-0.1, -0.05) is 0 Å². The molecular formula is C8H20O4. The number of ether oxygens (including phenoxy) is 1. The first-order chi connectivity index (χ1) is 5.83. The molecule has 0 aliphatic rings. The summed E-state index contributed by atoms with van der Waals surface area (Å²) in [5.41, 5.74) is 0. The molecule has 0 amide bonds. The van der Waals surface area contributed by atoms with E-state index in [1.54, 1.807) is 7.11 Å². The first kappa shape index (κ1) is 14.4. The third-order valence-electron chi connectivity index (χ3n) is 1.11. The van der Waals surface area contributed by atoms with E-state index >= 15 is 0 Å². The maximum atomic E-state index is 8.21. The number of hydrogen-bond donors (Lipinski definition) is 3. The Bertz CT molecular complexity index is 53.0. The Morgan fingerprint density at radius 3 is 1.50 bits per heavy atom. The van der Waals surface area contributed by atoms with Crippen LogP contribution in [0.1, 0.15) is 19.3 Å². The van der Waals surface area contributed by atoms with Gasteiger partial charge in [-0.2, -0.15) is 0 Å². The van der Waals surface area contributed by atoms with Crippen molar-refractivity contribution in [1.29, 1.82) is 0 Å². The van der Waals surface area contributed by atoms with E-state index in [2.05, 4.69) is 4.74 Å². The molecule has 0 fully saturated rings. The molecule has 0 radical (unpaired) electrons. The molecule has 0 saturated heterocycles. The van der Waals surface area contributed by atoms with Crippen LogP contribution in [0.2, 0.25) is 0 Å². The Balaban J connectivity index is 0. The quantitative estimate of drug-likeness (QED) is 0.494. The lowest BCUT2D eigenvalue weighted by molar-refractivity contribution is 0.135. The molecule has 0 aliphatic heterocycles. The SMILES string of the molecule is COCCO.OCCCCCO. The van der Waals surface area contributed by atoms with Crippen molar-refractivity contribution >= 4 is 0 Å². The lowest BCUT2D eigenvalue weighted by Crippen LogP contribution is -1.91. The molecule has 0 aliphatic carbocycles. The van der Waals surface area contributed by atoms with E-state index in [0.717, 1.165) is 19.3 Å². The number of aliphatic hydroxyl groups is 3. The second-order valence-corrected chi connectivity index (χ2v) is 2.22. The van der Waals surface area contributed by atoms with Gasteiger partial charge in [-0.25, -0.2) is 0 Å². The smallest absolute Gasteiger partial charge is 0.0693 e. The summed E-state index contributed by atoms with van der Waals surface area (Å²) >= 11 is 0. The Labute approximate surface area is 73.8 Å². The van der Waals surface area contributed by atoms with Crippen molar-refractivity contribution in [2.45, 2.75) is 19.3 Å². The molecule has 0 bridgehead atoms. The second kappa shape index (κ2) is 17.1. The van der Waals surface area contributed by atoms with E-state index < -0.39 is 0 Å². The van der Waals surface area contributed by atoms with E-state index in [1.165, 1.54) is 0 Å². The molecule has 12 heavy (non-hydrogen) atoms. The van der Waals surface area contributed by atoms with E-state index in [4.69, 9.17) is 15.3 Å². The van der Waals surface area contributed by atoms with Gasteiger partial charge in [0.05, 0.1) is 13.2 Å². The summed E-state index contributed by atoms with van der Waals surface area (Å²) in [6.45, 7) is 1.07. The summed E-state index contributed by atoms with van der Waals surface area (Å²) < 4.78 is 4.44. The van der Waals surface area contributed by atoms with Crippen molar-refractivity contribution in [3.63, 3.8) is 0 Å². The van der Waals surface area contributed by atoms with Gasteiger partial charge in [0.2, 0.25) is 0 Å².